The van der Waals surface area contributed by atoms with Crippen molar-refractivity contribution in [2.75, 3.05) is 6.61 Å². The Balaban J connectivity index is 1.93. The molecule has 0 bridgehead atoms. The molecule has 0 saturated heterocycles. The van der Waals surface area contributed by atoms with Crippen molar-refractivity contribution < 1.29 is 9.53 Å². The van der Waals surface area contributed by atoms with Crippen LogP contribution in [0.25, 0.3) is 0 Å². The van der Waals surface area contributed by atoms with Gasteiger partial charge in [0.25, 0.3) is 0 Å². The first-order valence-electron chi connectivity index (χ1n) is 6.47. The summed E-state index contributed by atoms with van der Waals surface area (Å²) in [6, 6.07) is 7.79. The average molecular weight is 241 g/mol. The Kier molecular flexibility index (Phi) is 2.59. The maximum atomic E-state index is 12.4. The van der Waals surface area contributed by atoms with Crippen molar-refractivity contribution in [3.05, 3.63) is 29.3 Å². The van der Waals surface area contributed by atoms with Crippen LogP contribution in [-0.2, 0) is 6.42 Å². The second kappa shape index (κ2) is 4.13. The highest BCUT2D eigenvalue weighted by atomic mass is 16.5. The number of hydrogen-bond donors (Lipinski definition) is 0. The molecule has 1 aromatic carbocycles. The fourth-order valence-corrected chi connectivity index (χ4v) is 2.70. The predicted octanol–water partition coefficient (Wildman–Crippen LogP) is 2.89. The molecule has 18 heavy (non-hydrogen) atoms. The molecule has 0 spiro atoms. The summed E-state index contributed by atoms with van der Waals surface area (Å²) in [7, 11) is 0. The first-order chi connectivity index (χ1) is 8.75. The molecule has 3 nitrogen and oxygen atoms in total. The van der Waals surface area contributed by atoms with Crippen molar-refractivity contribution in [2.24, 2.45) is 5.41 Å². The lowest BCUT2D eigenvalue weighted by Gasteiger charge is -2.33. The summed E-state index contributed by atoms with van der Waals surface area (Å²) >= 11 is 0. The van der Waals surface area contributed by atoms with Gasteiger partial charge in [-0.15, -0.1) is 0 Å². The number of benzene rings is 1. The van der Waals surface area contributed by atoms with Crippen LogP contribution in [0.1, 0.15) is 41.6 Å². The fraction of sp³-hybridized carbons (Fsp3) is 0.467. The maximum absolute atomic E-state index is 12.4. The zero-order chi connectivity index (χ0) is 12.6. The van der Waals surface area contributed by atoms with Crippen LogP contribution in [0.4, 0.5) is 0 Å². The zero-order valence-corrected chi connectivity index (χ0v) is 10.2. The molecule has 0 radical (unpaired) electrons. The standard InChI is InChI=1S/C15H15NO2/c16-10-15(6-2-7-15)14(17)12-4-5-13-11(9-12)3-1-8-18-13/h4-5,9H,1-3,6-8H2. The molecule has 1 saturated carbocycles. The minimum atomic E-state index is -0.746. The van der Waals surface area contributed by atoms with Gasteiger partial charge in [-0.1, -0.05) is 0 Å². The van der Waals surface area contributed by atoms with Gasteiger partial charge in [0.15, 0.2) is 5.78 Å². The number of Topliss-reactive ketones (excluding diaryl/α,β-unsaturated/α-hetero) is 1. The monoisotopic (exact) mass is 241 g/mol. The molecule has 0 unspecified atom stereocenters. The average Bonchev–Trinajstić information content (AvgIpc) is 2.37. The van der Waals surface area contributed by atoms with E-state index >= 15 is 0 Å². The van der Waals surface area contributed by atoms with Gasteiger partial charge in [-0.25, -0.2) is 0 Å². The summed E-state index contributed by atoms with van der Waals surface area (Å²) in [5.41, 5.74) is 1.02. The molecular formula is C15H15NO2. The quantitative estimate of drug-likeness (QED) is 0.748. The van der Waals surface area contributed by atoms with Crippen LogP contribution < -0.4 is 4.74 Å². The fourth-order valence-electron chi connectivity index (χ4n) is 2.70. The first-order valence-corrected chi connectivity index (χ1v) is 6.47. The summed E-state index contributed by atoms with van der Waals surface area (Å²) < 4.78 is 5.53. The summed E-state index contributed by atoms with van der Waals surface area (Å²) in [5, 5.41) is 9.21. The summed E-state index contributed by atoms with van der Waals surface area (Å²) in [5.74, 6) is 0.877. The van der Waals surface area contributed by atoms with Gasteiger partial charge in [0, 0.05) is 5.56 Å². The maximum Gasteiger partial charge on any atom is 0.183 e. The highest BCUT2D eigenvalue weighted by Crippen LogP contribution is 2.43. The van der Waals surface area contributed by atoms with Crippen molar-refractivity contribution >= 4 is 5.78 Å². The third-order valence-corrected chi connectivity index (χ3v) is 4.03. The molecule has 0 N–H and O–H groups in total. The van der Waals surface area contributed by atoms with Gasteiger partial charge in [-0.05, 0) is 55.9 Å². The summed E-state index contributed by atoms with van der Waals surface area (Å²) in [6.45, 7) is 0.752. The molecule has 3 heteroatoms. The summed E-state index contributed by atoms with van der Waals surface area (Å²) in [4.78, 5) is 12.4. The van der Waals surface area contributed by atoms with Crippen molar-refractivity contribution in [1.82, 2.24) is 0 Å². The molecule has 1 aliphatic carbocycles. The Morgan fingerprint density at radius 2 is 2.17 bits per heavy atom. The molecule has 1 heterocycles. The smallest absolute Gasteiger partial charge is 0.183 e. The third kappa shape index (κ3) is 1.60. The minimum Gasteiger partial charge on any atom is -0.493 e. The highest BCUT2D eigenvalue weighted by Gasteiger charge is 2.44. The number of carbonyl (C=O) groups excluding carboxylic acids is 1. The van der Waals surface area contributed by atoms with E-state index in [4.69, 9.17) is 4.74 Å². The topological polar surface area (TPSA) is 50.1 Å². The molecule has 2 aliphatic rings. The van der Waals surface area contributed by atoms with Crippen LogP contribution in [0.3, 0.4) is 0 Å². The zero-order valence-electron chi connectivity index (χ0n) is 10.2. The van der Waals surface area contributed by atoms with E-state index in [1.165, 1.54) is 0 Å². The van der Waals surface area contributed by atoms with Gasteiger partial charge in [-0.2, -0.15) is 5.26 Å². The largest absolute Gasteiger partial charge is 0.493 e. The van der Waals surface area contributed by atoms with Crippen molar-refractivity contribution in [1.29, 1.82) is 5.26 Å². The van der Waals surface area contributed by atoms with Gasteiger partial charge in [0.1, 0.15) is 11.2 Å². The molecule has 0 amide bonds. The molecular weight excluding hydrogens is 226 g/mol. The number of ether oxygens (including phenoxy) is 1. The summed E-state index contributed by atoms with van der Waals surface area (Å²) in [6.07, 6.45) is 4.34. The lowest BCUT2D eigenvalue weighted by molar-refractivity contribution is 0.0748. The number of nitrogens with zero attached hydrogens (tertiary/aromatic N) is 1. The van der Waals surface area contributed by atoms with E-state index in [9.17, 15) is 10.1 Å². The van der Waals surface area contributed by atoms with Gasteiger partial charge in [-0.3, -0.25) is 4.79 Å². The van der Waals surface area contributed by atoms with Crippen LogP contribution in [0.2, 0.25) is 0 Å². The SMILES string of the molecule is N#CC1(C(=O)c2ccc3c(c2)CCCO3)CCC1. The van der Waals surface area contributed by atoms with Gasteiger partial charge < -0.3 is 4.74 Å². The number of aryl methyl sites for hydroxylation is 1. The van der Waals surface area contributed by atoms with E-state index in [1.807, 2.05) is 12.1 Å². The van der Waals surface area contributed by atoms with Crippen LogP contribution >= 0.6 is 0 Å². The van der Waals surface area contributed by atoms with Crippen LogP contribution in [-0.4, -0.2) is 12.4 Å². The lowest BCUT2D eigenvalue weighted by atomic mass is 9.65. The Labute approximate surface area is 106 Å². The van der Waals surface area contributed by atoms with Crippen LogP contribution in [0.5, 0.6) is 5.75 Å². The van der Waals surface area contributed by atoms with Crippen LogP contribution in [0, 0.1) is 16.7 Å². The second-order valence-electron chi connectivity index (χ2n) is 5.15. The molecule has 3 rings (SSSR count). The van der Waals surface area contributed by atoms with Gasteiger partial charge in [0.2, 0.25) is 0 Å². The molecule has 0 aromatic heterocycles. The van der Waals surface area contributed by atoms with Crippen molar-refractivity contribution in [2.45, 2.75) is 32.1 Å². The van der Waals surface area contributed by atoms with Crippen molar-refractivity contribution in [3.63, 3.8) is 0 Å². The van der Waals surface area contributed by atoms with Gasteiger partial charge >= 0.3 is 0 Å². The first kappa shape index (κ1) is 11.3. The highest BCUT2D eigenvalue weighted by molar-refractivity contribution is 6.03. The number of fused-ring (bicyclic) bond motifs is 1. The number of ketones is 1. The van der Waals surface area contributed by atoms with E-state index in [0.717, 1.165) is 37.2 Å². The lowest BCUT2D eigenvalue weighted by Crippen LogP contribution is -2.36. The second-order valence-corrected chi connectivity index (χ2v) is 5.15. The molecule has 1 aliphatic heterocycles. The number of hydrogen-bond acceptors (Lipinski definition) is 3. The Bertz CT molecular complexity index is 538. The number of carbonyl (C=O) groups is 1. The van der Waals surface area contributed by atoms with E-state index in [0.29, 0.717) is 18.4 Å². The van der Waals surface area contributed by atoms with E-state index in [1.54, 1.807) is 6.07 Å². The number of rotatable bonds is 2. The van der Waals surface area contributed by atoms with Gasteiger partial charge in [0.05, 0.1) is 12.7 Å². The van der Waals surface area contributed by atoms with Crippen LogP contribution in [0.15, 0.2) is 18.2 Å². The van der Waals surface area contributed by atoms with Crippen molar-refractivity contribution in [3.8, 4) is 11.8 Å². The number of nitriles is 1. The van der Waals surface area contributed by atoms with E-state index in [2.05, 4.69) is 6.07 Å². The Hall–Kier alpha value is -1.82. The predicted molar refractivity (Wildman–Crippen MR) is 66.5 cm³/mol. The Morgan fingerprint density at radius 1 is 1.33 bits per heavy atom. The molecule has 1 fully saturated rings. The van der Waals surface area contributed by atoms with E-state index < -0.39 is 5.41 Å². The molecule has 0 atom stereocenters. The third-order valence-electron chi connectivity index (χ3n) is 4.03. The normalized spacial score (nSPS) is 19.9. The Morgan fingerprint density at radius 3 is 2.83 bits per heavy atom. The molecule has 92 valence electrons. The molecule has 1 aromatic rings. The minimum absolute atomic E-state index is 0.00961. The van der Waals surface area contributed by atoms with E-state index in [-0.39, 0.29) is 5.78 Å².